The second kappa shape index (κ2) is 10.1. The van der Waals surface area contributed by atoms with Crippen LogP contribution in [0.5, 0.6) is 11.5 Å². The highest BCUT2D eigenvalue weighted by atomic mass is 16.6. The van der Waals surface area contributed by atoms with Gasteiger partial charge >= 0.3 is 12.1 Å². The molecule has 0 saturated carbocycles. The lowest BCUT2D eigenvalue weighted by atomic mass is 10.1. The molecular formula is C23H21N5O8. The molecule has 2 N–H and O–H groups in total. The average Bonchev–Trinajstić information content (AvgIpc) is 3.38. The quantitative estimate of drug-likeness (QED) is 0.191. The Labute approximate surface area is 203 Å². The Kier molecular flexibility index (Phi) is 6.81. The lowest BCUT2D eigenvalue weighted by Gasteiger charge is -2.10. The number of rotatable bonds is 9. The van der Waals surface area contributed by atoms with E-state index in [9.17, 15) is 24.3 Å². The Balaban J connectivity index is 1.36. The maximum atomic E-state index is 12.2. The lowest BCUT2D eigenvalue weighted by Crippen LogP contribution is -2.29. The summed E-state index contributed by atoms with van der Waals surface area (Å²) in [5, 5.41) is 21.3. The van der Waals surface area contributed by atoms with Crippen LogP contribution in [0.3, 0.4) is 0 Å². The van der Waals surface area contributed by atoms with Crippen molar-refractivity contribution in [3.8, 4) is 17.2 Å². The van der Waals surface area contributed by atoms with Gasteiger partial charge in [0, 0.05) is 19.2 Å². The minimum absolute atomic E-state index is 0.0159. The van der Waals surface area contributed by atoms with Gasteiger partial charge in [-0.25, -0.2) is 9.59 Å². The number of esters is 1. The van der Waals surface area contributed by atoms with Crippen molar-refractivity contribution in [3.05, 3.63) is 54.1 Å². The summed E-state index contributed by atoms with van der Waals surface area (Å²) in [4.78, 5) is 49.2. The molecule has 0 atom stereocenters. The van der Waals surface area contributed by atoms with Crippen molar-refractivity contribution in [2.75, 3.05) is 33.4 Å². The van der Waals surface area contributed by atoms with Crippen LogP contribution in [0.25, 0.3) is 16.7 Å². The average molecular weight is 495 g/mol. The minimum Gasteiger partial charge on any atom is -0.506 e. The van der Waals surface area contributed by atoms with Gasteiger partial charge in [-0.2, -0.15) is 0 Å². The Morgan fingerprint density at radius 1 is 1.03 bits per heavy atom. The third-order valence-electron chi connectivity index (χ3n) is 5.12. The van der Waals surface area contributed by atoms with E-state index in [2.05, 4.69) is 22.1 Å². The SMILES string of the molecule is C=CC(=O)OCCNC(=O)OCCOc1ccc(O)c(-n2nc3cc4c(cc3n2)C(=O)N(C)C4=O)c1. The first kappa shape index (κ1) is 24.2. The van der Waals surface area contributed by atoms with E-state index in [1.807, 2.05) is 0 Å². The summed E-state index contributed by atoms with van der Waals surface area (Å²) in [6.07, 6.45) is 0.311. The van der Waals surface area contributed by atoms with Crippen LogP contribution in [0.2, 0.25) is 0 Å². The van der Waals surface area contributed by atoms with E-state index in [0.717, 1.165) is 11.0 Å². The number of aromatic hydroxyl groups is 1. The normalized spacial score (nSPS) is 12.4. The Hall–Kier alpha value is -4.94. The van der Waals surface area contributed by atoms with Crippen LogP contribution in [0.15, 0.2) is 43.0 Å². The molecule has 0 bridgehead atoms. The van der Waals surface area contributed by atoms with Crippen molar-refractivity contribution in [2.24, 2.45) is 0 Å². The molecule has 1 aliphatic rings. The summed E-state index contributed by atoms with van der Waals surface area (Å²) in [7, 11) is 1.40. The molecule has 4 rings (SSSR count). The number of benzene rings is 2. The van der Waals surface area contributed by atoms with Gasteiger partial charge in [0.2, 0.25) is 0 Å². The molecule has 36 heavy (non-hydrogen) atoms. The molecule has 0 saturated heterocycles. The number of hydrogen-bond donors (Lipinski definition) is 2. The maximum Gasteiger partial charge on any atom is 0.407 e. The van der Waals surface area contributed by atoms with E-state index in [1.54, 1.807) is 0 Å². The number of ether oxygens (including phenoxy) is 3. The van der Waals surface area contributed by atoms with E-state index in [-0.39, 0.29) is 48.9 Å². The highest BCUT2D eigenvalue weighted by Gasteiger charge is 2.33. The second-order valence-electron chi connectivity index (χ2n) is 7.48. The molecule has 186 valence electrons. The smallest absolute Gasteiger partial charge is 0.407 e. The van der Waals surface area contributed by atoms with E-state index >= 15 is 0 Å². The number of hydrogen-bond acceptors (Lipinski definition) is 10. The second-order valence-corrected chi connectivity index (χ2v) is 7.48. The molecule has 13 nitrogen and oxygen atoms in total. The summed E-state index contributed by atoms with van der Waals surface area (Å²) in [6.45, 7) is 3.26. The van der Waals surface area contributed by atoms with E-state index in [4.69, 9.17) is 14.2 Å². The van der Waals surface area contributed by atoms with E-state index in [0.29, 0.717) is 16.8 Å². The van der Waals surface area contributed by atoms with Gasteiger partial charge in [-0.1, -0.05) is 6.58 Å². The number of phenolic OH excluding ortho intramolecular Hbond substituents is 1. The summed E-state index contributed by atoms with van der Waals surface area (Å²) in [5.74, 6) is -1.21. The van der Waals surface area contributed by atoms with Crippen LogP contribution >= 0.6 is 0 Å². The Morgan fingerprint density at radius 3 is 2.33 bits per heavy atom. The van der Waals surface area contributed by atoms with Crippen molar-refractivity contribution < 1.29 is 38.5 Å². The molecule has 0 aliphatic carbocycles. The summed E-state index contributed by atoms with van der Waals surface area (Å²) < 4.78 is 15.2. The first-order chi connectivity index (χ1) is 17.3. The number of amides is 3. The highest BCUT2D eigenvalue weighted by Crippen LogP contribution is 2.29. The molecule has 1 aromatic heterocycles. The minimum atomic E-state index is -0.706. The molecule has 0 radical (unpaired) electrons. The van der Waals surface area contributed by atoms with Crippen LogP contribution in [-0.4, -0.2) is 82.3 Å². The molecule has 3 amide bonds. The van der Waals surface area contributed by atoms with Crippen molar-refractivity contribution in [1.29, 1.82) is 0 Å². The Morgan fingerprint density at radius 2 is 1.69 bits per heavy atom. The fourth-order valence-electron chi connectivity index (χ4n) is 3.34. The van der Waals surface area contributed by atoms with Crippen molar-refractivity contribution in [3.63, 3.8) is 0 Å². The fourth-order valence-corrected chi connectivity index (χ4v) is 3.34. The maximum absolute atomic E-state index is 12.2. The third kappa shape index (κ3) is 4.94. The molecule has 1 aliphatic heterocycles. The third-order valence-corrected chi connectivity index (χ3v) is 5.12. The summed E-state index contributed by atoms with van der Waals surface area (Å²) >= 11 is 0. The molecule has 3 aromatic rings. The van der Waals surface area contributed by atoms with Gasteiger partial charge < -0.3 is 24.6 Å². The van der Waals surface area contributed by atoms with Crippen LogP contribution in [-0.2, 0) is 14.3 Å². The first-order valence-electron chi connectivity index (χ1n) is 10.7. The molecule has 2 aromatic carbocycles. The predicted molar refractivity (Wildman–Crippen MR) is 123 cm³/mol. The van der Waals surface area contributed by atoms with Crippen LogP contribution < -0.4 is 10.1 Å². The van der Waals surface area contributed by atoms with Crippen molar-refractivity contribution in [1.82, 2.24) is 25.2 Å². The van der Waals surface area contributed by atoms with Gasteiger partial charge in [0.1, 0.15) is 48.0 Å². The van der Waals surface area contributed by atoms with Crippen molar-refractivity contribution in [2.45, 2.75) is 0 Å². The highest BCUT2D eigenvalue weighted by molar-refractivity contribution is 6.22. The molecule has 0 unspecified atom stereocenters. The zero-order chi connectivity index (χ0) is 25.8. The monoisotopic (exact) mass is 495 g/mol. The summed E-state index contributed by atoms with van der Waals surface area (Å²) in [6, 6.07) is 7.36. The zero-order valence-corrected chi connectivity index (χ0v) is 19.1. The van der Waals surface area contributed by atoms with Crippen LogP contribution in [0.1, 0.15) is 20.7 Å². The molecule has 13 heteroatoms. The van der Waals surface area contributed by atoms with E-state index in [1.165, 1.54) is 42.2 Å². The lowest BCUT2D eigenvalue weighted by molar-refractivity contribution is -0.137. The molecule has 2 heterocycles. The van der Waals surface area contributed by atoms with E-state index < -0.39 is 23.9 Å². The molecular weight excluding hydrogens is 474 g/mol. The largest absolute Gasteiger partial charge is 0.506 e. The van der Waals surface area contributed by atoms with Gasteiger partial charge in [-0.15, -0.1) is 15.0 Å². The van der Waals surface area contributed by atoms with Gasteiger partial charge in [0.25, 0.3) is 11.8 Å². The van der Waals surface area contributed by atoms with Crippen LogP contribution in [0, 0.1) is 0 Å². The van der Waals surface area contributed by atoms with Crippen LogP contribution in [0.4, 0.5) is 4.79 Å². The standard InChI is InChI=1S/C23H21N5O8/c1-3-20(30)35-7-6-24-23(33)36-9-8-34-13-4-5-19(29)18(10-13)28-25-16-11-14-15(12-17(16)26-28)22(32)27(2)21(14)31/h3-5,10-12,29H,1,6-9H2,2H3,(H,24,33). The number of carbonyl (C=O) groups excluding carboxylic acids is 4. The van der Waals surface area contributed by atoms with Gasteiger partial charge in [-0.3, -0.25) is 14.5 Å². The first-order valence-corrected chi connectivity index (χ1v) is 10.7. The number of fused-ring (bicyclic) bond motifs is 2. The van der Waals surface area contributed by atoms with Gasteiger partial charge in [0.15, 0.2) is 0 Å². The number of phenols is 1. The van der Waals surface area contributed by atoms with Gasteiger partial charge in [0.05, 0.1) is 17.7 Å². The topological polar surface area (TPSA) is 162 Å². The zero-order valence-electron chi connectivity index (χ0n) is 19.1. The summed E-state index contributed by atoms with van der Waals surface area (Å²) in [5.41, 5.74) is 1.42. The van der Waals surface area contributed by atoms with Crippen molar-refractivity contribution >= 4 is 34.9 Å². The van der Waals surface area contributed by atoms with Gasteiger partial charge in [-0.05, 0) is 24.3 Å². The number of aromatic nitrogens is 3. The number of nitrogens with zero attached hydrogens (tertiary/aromatic N) is 4. The predicted octanol–water partition coefficient (Wildman–Crippen LogP) is 1.19. The number of nitrogens with one attached hydrogen (secondary N) is 1. The fraction of sp³-hybridized carbons (Fsp3) is 0.217. The number of alkyl carbamates (subject to hydrolysis) is 1. The number of carbonyl (C=O) groups is 4. The molecule has 0 spiro atoms. The Bertz CT molecular complexity index is 1330. The molecule has 0 fully saturated rings. The number of imide groups is 1.